The van der Waals surface area contributed by atoms with E-state index in [2.05, 4.69) is 20.5 Å². The van der Waals surface area contributed by atoms with Gasteiger partial charge in [-0.05, 0) is 5.56 Å². The maximum Gasteiger partial charge on any atom is 0.280 e. The zero-order chi connectivity index (χ0) is 13.8. The van der Waals surface area contributed by atoms with Crippen LogP contribution < -0.4 is 5.73 Å². The third-order valence-corrected chi connectivity index (χ3v) is 2.79. The molecule has 0 aliphatic heterocycles. The number of nitrogens with zero attached hydrogens (tertiary/aromatic N) is 5. The zero-order valence-corrected chi connectivity index (χ0v) is 10.8. The Morgan fingerprint density at radius 3 is 2.85 bits per heavy atom. The van der Waals surface area contributed by atoms with Gasteiger partial charge in [0, 0.05) is 13.0 Å². The van der Waals surface area contributed by atoms with Gasteiger partial charge in [0.15, 0.2) is 11.5 Å². The molecule has 0 saturated carbocycles. The molecule has 2 N–H and O–H groups in total. The summed E-state index contributed by atoms with van der Waals surface area (Å²) >= 11 is 0. The first-order valence-electron chi connectivity index (χ1n) is 6.32. The summed E-state index contributed by atoms with van der Waals surface area (Å²) in [5, 5.41) is 11.9. The fourth-order valence-electron chi connectivity index (χ4n) is 1.85. The monoisotopic (exact) mass is 270 g/mol. The normalized spacial score (nSPS) is 10.8. The third-order valence-electron chi connectivity index (χ3n) is 2.79. The Morgan fingerprint density at radius 2 is 2.05 bits per heavy atom. The number of hydrogen-bond acceptors (Lipinski definition) is 6. The van der Waals surface area contributed by atoms with E-state index in [0.717, 1.165) is 5.56 Å². The summed E-state index contributed by atoms with van der Waals surface area (Å²) in [5.41, 5.74) is 7.15. The van der Waals surface area contributed by atoms with Gasteiger partial charge >= 0.3 is 0 Å². The first-order valence-corrected chi connectivity index (χ1v) is 6.32. The Hall–Kier alpha value is -2.54. The van der Waals surface area contributed by atoms with Crippen molar-refractivity contribution in [2.45, 2.75) is 13.0 Å². The summed E-state index contributed by atoms with van der Waals surface area (Å²) in [7, 11) is 0. The summed E-state index contributed by atoms with van der Waals surface area (Å²) in [6.45, 7) is 1.11. The van der Waals surface area contributed by atoms with Crippen molar-refractivity contribution in [3.05, 3.63) is 47.9 Å². The molecule has 3 aromatic rings. The van der Waals surface area contributed by atoms with Crippen molar-refractivity contribution in [1.82, 2.24) is 25.1 Å². The molecule has 7 heteroatoms. The second-order valence-corrected chi connectivity index (χ2v) is 4.33. The molecule has 0 amide bonds. The van der Waals surface area contributed by atoms with Gasteiger partial charge in [-0.3, -0.25) is 4.68 Å². The first-order chi connectivity index (χ1) is 9.85. The lowest BCUT2D eigenvalue weighted by Crippen LogP contribution is -2.10. The van der Waals surface area contributed by atoms with Gasteiger partial charge in [-0.2, -0.15) is 4.98 Å². The lowest BCUT2D eigenvalue weighted by Gasteiger charge is -1.93. The largest absolute Gasteiger partial charge is 0.332 e. The summed E-state index contributed by atoms with van der Waals surface area (Å²) in [6, 6.07) is 9.98. The van der Waals surface area contributed by atoms with Gasteiger partial charge in [-0.25, -0.2) is 0 Å². The molecule has 7 nitrogen and oxygen atoms in total. The van der Waals surface area contributed by atoms with Crippen molar-refractivity contribution in [1.29, 1.82) is 0 Å². The molecule has 1 aromatic carbocycles. The maximum absolute atomic E-state index is 5.46. The predicted molar refractivity (Wildman–Crippen MR) is 71.6 cm³/mol. The molecule has 2 aromatic heterocycles. The van der Waals surface area contributed by atoms with Crippen LogP contribution in [0.5, 0.6) is 0 Å². The van der Waals surface area contributed by atoms with Gasteiger partial charge in [0.1, 0.15) is 0 Å². The highest BCUT2D eigenvalue weighted by molar-refractivity contribution is 5.43. The zero-order valence-electron chi connectivity index (χ0n) is 10.8. The summed E-state index contributed by atoms with van der Waals surface area (Å²) in [4.78, 5) is 4.32. The van der Waals surface area contributed by atoms with Crippen LogP contribution in [0.4, 0.5) is 0 Å². The van der Waals surface area contributed by atoms with Crippen molar-refractivity contribution < 1.29 is 4.52 Å². The molecular weight excluding hydrogens is 256 g/mol. The molecule has 0 aliphatic carbocycles. The van der Waals surface area contributed by atoms with Crippen molar-refractivity contribution >= 4 is 0 Å². The van der Waals surface area contributed by atoms with E-state index in [1.54, 1.807) is 10.9 Å². The van der Waals surface area contributed by atoms with E-state index in [-0.39, 0.29) is 0 Å². The fraction of sp³-hybridized carbons (Fsp3) is 0.231. The van der Waals surface area contributed by atoms with Crippen LogP contribution in [0.15, 0.2) is 41.1 Å². The summed E-state index contributed by atoms with van der Waals surface area (Å²) in [5.74, 6) is 0.999. The van der Waals surface area contributed by atoms with Gasteiger partial charge in [0.25, 0.3) is 5.89 Å². The smallest absolute Gasteiger partial charge is 0.280 e. The molecule has 0 spiro atoms. The standard InChI is InChI=1S/C13H14N6O/c14-6-7-19-9-11(16-18-19)13-15-12(17-20-13)8-10-4-2-1-3-5-10/h1-5,9H,6-8,14H2. The third kappa shape index (κ3) is 2.72. The molecule has 0 bridgehead atoms. The Bertz CT molecular complexity index is 675. The van der Waals surface area contributed by atoms with Crippen molar-refractivity contribution in [3.8, 4) is 11.6 Å². The van der Waals surface area contributed by atoms with E-state index in [9.17, 15) is 0 Å². The van der Waals surface area contributed by atoms with Gasteiger partial charge in [-0.1, -0.05) is 40.7 Å². The van der Waals surface area contributed by atoms with Gasteiger partial charge in [0.05, 0.1) is 12.7 Å². The SMILES string of the molecule is NCCn1cc(-c2nc(Cc3ccccc3)no2)nn1. The Morgan fingerprint density at radius 1 is 1.20 bits per heavy atom. The van der Waals surface area contributed by atoms with Gasteiger partial charge in [0.2, 0.25) is 0 Å². The molecular formula is C13H14N6O. The van der Waals surface area contributed by atoms with Crippen molar-refractivity contribution in [3.63, 3.8) is 0 Å². The Kier molecular flexibility index (Phi) is 3.51. The molecule has 102 valence electrons. The van der Waals surface area contributed by atoms with Crippen LogP contribution in [0.2, 0.25) is 0 Å². The predicted octanol–water partition coefficient (Wildman–Crippen LogP) is 0.878. The molecule has 0 saturated heterocycles. The van der Waals surface area contributed by atoms with Crippen molar-refractivity contribution in [2.75, 3.05) is 6.54 Å². The minimum absolute atomic E-state index is 0.374. The van der Waals surface area contributed by atoms with E-state index in [1.165, 1.54) is 0 Å². The molecule has 20 heavy (non-hydrogen) atoms. The fourth-order valence-corrected chi connectivity index (χ4v) is 1.85. The molecule has 0 fully saturated rings. The molecule has 2 heterocycles. The van der Waals surface area contributed by atoms with E-state index < -0.39 is 0 Å². The quantitative estimate of drug-likeness (QED) is 0.739. The van der Waals surface area contributed by atoms with E-state index in [1.807, 2.05) is 30.3 Å². The average molecular weight is 270 g/mol. The maximum atomic E-state index is 5.46. The summed E-state index contributed by atoms with van der Waals surface area (Å²) < 4.78 is 6.86. The number of benzene rings is 1. The van der Waals surface area contributed by atoms with Crippen LogP contribution in [0.3, 0.4) is 0 Å². The molecule has 3 rings (SSSR count). The molecule has 0 aliphatic rings. The van der Waals surface area contributed by atoms with Crippen LogP contribution in [0, 0.1) is 0 Å². The second kappa shape index (κ2) is 5.62. The molecule has 0 unspecified atom stereocenters. The van der Waals surface area contributed by atoms with Crippen LogP contribution in [0.25, 0.3) is 11.6 Å². The van der Waals surface area contributed by atoms with E-state index >= 15 is 0 Å². The first kappa shape index (κ1) is 12.5. The van der Waals surface area contributed by atoms with Crippen LogP contribution in [-0.2, 0) is 13.0 Å². The molecule has 0 atom stereocenters. The van der Waals surface area contributed by atoms with Gasteiger partial charge in [-0.15, -0.1) is 5.10 Å². The van der Waals surface area contributed by atoms with Crippen LogP contribution in [-0.4, -0.2) is 31.7 Å². The highest BCUT2D eigenvalue weighted by Gasteiger charge is 2.12. The lowest BCUT2D eigenvalue weighted by atomic mass is 10.1. The Balaban J connectivity index is 1.76. The average Bonchev–Trinajstić information content (AvgIpc) is 3.10. The second-order valence-electron chi connectivity index (χ2n) is 4.33. The minimum atomic E-state index is 0.374. The number of nitrogens with two attached hydrogens (primary N) is 1. The van der Waals surface area contributed by atoms with Gasteiger partial charge < -0.3 is 10.3 Å². The lowest BCUT2D eigenvalue weighted by molar-refractivity contribution is 0.422. The number of rotatable bonds is 5. The summed E-state index contributed by atoms with van der Waals surface area (Å²) in [6.07, 6.45) is 2.37. The highest BCUT2D eigenvalue weighted by atomic mass is 16.5. The van der Waals surface area contributed by atoms with E-state index in [0.29, 0.717) is 36.9 Å². The highest BCUT2D eigenvalue weighted by Crippen LogP contribution is 2.14. The topological polar surface area (TPSA) is 95.7 Å². The van der Waals surface area contributed by atoms with Crippen LogP contribution in [0.1, 0.15) is 11.4 Å². The molecule has 0 radical (unpaired) electrons. The van der Waals surface area contributed by atoms with Crippen LogP contribution >= 0.6 is 0 Å². The van der Waals surface area contributed by atoms with Crippen molar-refractivity contribution in [2.24, 2.45) is 5.73 Å². The minimum Gasteiger partial charge on any atom is -0.332 e. The van der Waals surface area contributed by atoms with E-state index in [4.69, 9.17) is 10.3 Å². The number of hydrogen-bond donors (Lipinski definition) is 1. The number of aromatic nitrogens is 5. The Labute approximate surface area is 115 Å².